The molecule has 0 aromatic heterocycles. The van der Waals surface area contributed by atoms with E-state index in [1.54, 1.807) is 7.05 Å². The van der Waals surface area contributed by atoms with Crippen molar-refractivity contribution in [3.63, 3.8) is 0 Å². The molecule has 0 aromatic rings. The van der Waals surface area contributed by atoms with Crippen molar-refractivity contribution < 1.29 is 14.3 Å². The topological polar surface area (TPSA) is 72.0 Å². The lowest BCUT2D eigenvalue weighted by molar-refractivity contribution is -0.153. The van der Waals surface area contributed by atoms with Gasteiger partial charge in [0.05, 0.1) is 0 Å². The van der Waals surface area contributed by atoms with Crippen LogP contribution in [0.5, 0.6) is 0 Å². The molecule has 2 N–H and O–H groups in total. The Morgan fingerprint density at radius 3 is 2.36 bits per heavy atom. The first-order chi connectivity index (χ1) is 11.3. The Balaban J connectivity index is 0.00000576. The molecule has 7 heteroatoms. The molecular weight excluding hydrogens is 433 g/mol. The van der Waals surface area contributed by atoms with E-state index in [0.29, 0.717) is 5.96 Å². The maximum atomic E-state index is 11.8. The monoisotopic (exact) mass is 469 g/mol. The van der Waals surface area contributed by atoms with Crippen LogP contribution in [0, 0.1) is 5.41 Å². The number of carbonyl (C=O) groups is 1. The van der Waals surface area contributed by atoms with Crippen LogP contribution >= 0.6 is 24.0 Å². The number of guanidine groups is 1. The van der Waals surface area contributed by atoms with Gasteiger partial charge >= 0.3 is 5.97 Å². The van der Waals surface area contributed by atoms with E-state index in [2.05, 4.69) is 15.6 Å². The lowest BCUT2D eigenvalue weighted by Crippen LogP contribution is -2.45. The molecule has 1 aliphatic carbocycles. The summed E-state index contributed by atoms with van der Waals surface area (Å²) in [7, 11) is 1.71. The maximum absolute atomic E-state index is 11.8. The number of rotatable bonds is 8. The van der Waals surface area contributed by atoms with Crippen molar-refractivity contribution in [2.45, 2.75) is 65.4 Å². The SMILES string of the molecule is CCOCCC1(CNC(=NC)NCC(=O)OC(C)(C)C)CCCC1.I. The van der Waals surface area contributed by atoms with Crippen LogP contribution in [0.3, 0.4) is 0 Å². The van der Waals surface area contributed by atoms with Crippen LogP contribution in [0.15, 0.2) is 4.99 Å². The molecule has 0 aliphatic heterocycles. The van der Waals surface area contributed by atoms with Crippen molar-refractivity contribution in [2.24, 2.45) is 10.4 Å². The van der Waals surface area contributed by atoms with E-state index in [1.807, 2.05) is 27.7 Å². The lowest BCUT2D eigenvalue weighted by atomic mass is 9.83. The van der Waals surface area contributed by atoms with Crippen LogP contribution in [-0.2, 0) is 14.3 Å². The van der Waals surface area contributed by atoms with Gasteiger partial charge in [0.25, 0.3) is 0 Å². The minimum atomic E-state index is -0.469. The van der Waals surface area contributed by atoms with Crippen LogP contribution in [-0.4, -0.2) is 50.9 Å². The fourth-order valence-corrected chi connectivity index (χ4v) is 3.10. The van der Waals surface area contributed by atoms with Gasteiger partial charge in [0.15, 0.2) is 5.96 Å². The fraction of sp³-hybridized carbons (Fsp3) is 0.889. The van der Waals surface area contributed by atoms with Crippen molar-refractivity contribution in [2.75, 3.05) is 33.4 Å². The number of ether oxygens (including phenoxy) is 2. The molecule has 6 nitrogen and oxygen atoms in total. The molecule has 0 bridgehead atoms. The molecule has 1 rings (SSSR count). The van der Waals surface area contributed by atoms with Crippen LogP contribution in [0.4, 0.5) is 0 Å². The Morgan fingerprint density at radius 1 is 1.20 bits per heavy atom. The number of esters is 1. The second-order valence-electron chi connectivity index (χ2n) is 7.52. The molecule has 1 saturated carbocycles. The van der Waals surface area contributed by atoms with Crippen LogP contribution < -0.4 is 10.6 Å². The number of carbonyl (C=O) groups excluding carboxylic acids is 1. The molecule has 0 amide bonds. The van der Waals surface area contributed by atoms with Gasteiger partial charge in [-0.3, -0.25) is 9.79 Å². The summed E-state index contributed by atoms with van der Waals surface area (Å²) >= 11 is 0. The summed E-state index contributed by atoms with van der Waals surface area (Å²) in [5.41, 5.74) is -0.193. The van der Waals surface area contributed by atoms with E-state index in [9.17, 15) is 4.79 Å². The van der Waals surface area contributed by atoms with Crippen LogP contribution in [0.2, 0.25) is 0 Å². The molecule has 1 fully saturated rings. The standard InChI is InChI=1S/C18H35N3O3.HI/c1-6-23-12-11-18(9-7-8-10-18)14-21-16(19-5)20-13-15(22)24-17(2,3)4;/h6-14H2,1-5H3,(H2,19,20,21);1H. The van der Waals surface area contributed by atoms with Crippen LogP contribution in [0.25, 0.3) is 0 Å². The lowest BCUT2D eigenvalue weighted by Gasteiger charge is -2.30. The highest BCUT2D eigenvalue weighted by Gasteiger charge is 2.33. The zero-order chi connectivity index (χ0) is 18.1. The first-order valence-electron chi connectivity index (χ1n) is 9.04. The van der Waals surface area contributed by atoms with Gasteiger partial charge in [-0.25, -0.2) is 0 Å². The Kier molecular flexibility index (Phi) is 11.7. The molecule has 0 radical (unpaired) electrons. The first kappa shape index (κ1) is 24.4. The fourth-order valence-electron chi connectivity index (χ4n) is 3.10. The Morgan fingerprint density at radius 2 is 1.84 bits per heavy atom. The molecule has 1 aliphatic rings. The van der Waals surface area contributed by atoms with E-state index in [-0.39, 0.29) is 41.9 Å². The van der Waals surface area contributed by atoms with Gasteiger partial charge in [-0.2, -0.15) is 0 Å². The number of hydrogen-bond donors (Lipinski definition) is 2. The zero-order valence-electron chi connectivity index (χ0n) is 16.4. The summed E-state index contributed by atoms with van der Waals surface area (Å²) < 4.78 is 10.8. The number of hydrogen-bond acceptors (Lipinski definition) is 4. The van der Waals surface area contributed by atoms with Gasteiger partial charge in [-0.05, 0) is 52.4 Å². The summed E-state index contributed by atoms with van der Waals surface area (Å²) in [4.78, 5) is 16.0. The van der Waals surface area contributed by atoms with Crippen molar-refractivity contribution in [3.05, 3.63) is 0 Å². The summed E-state index contributed by atoms with van der Waals surface area (Å²) in [6.45, 7) is 10.2. The molecule has 0 atom stereocenters. The molecule has 0 aromatic carbocycles. The number of nitrogens with one attached hydrogen (secondary N) is 2. The Hall–Kier alpha value is -0.570. The highest BCUT2D eigenvalue weighted by Crippen LogP contribution is 2.40. The predicted octanol–water partition coefficient (Wildman–Crippen LogP) is 3.10. The van der Waals surface area contributed by atoms with Gasteiger partial charge in [0, 0.05) is 26.8 Å². The summed E-state index contributed by atoms with van der Waals surface area (Å²) in [5.74, 6) is 0.362. The molecule has 0 unspecified atom stereocenters. The Labute approximate surface area is 169 Å². The molecule has 0 spiro atoms. The summed E-state index contributed by atoms with van der Waals surface area (Å²) in [6.07, 6.45) is 6.05. The third-order valence-corrected chi connectivity index (χ3v) is 4.32. The van der Waals surface area contributed by atoms with E-state index >= 15 is 0 Å². The van der Waals surface area contributed by atoms with E-state index < -0.39 is 5.60 Å². The third kappa shape index (κ3) is 10.2. The van der Waals surface area contributed by atoms with E-state index in [4.69, 9.17) is 9.47 Å². The minimum Gasteiger partial charge on any atom is -0.459 e. The van der Waals surface area contributed by atoms with E-state index in [1.165, 1.54) is 25.7 Å². The third-order valence-electron chi connectivity index (χ3n) is 4.32. The maximum Gasteiger partial charge on any atom is 0.325 e. The summed E-state index contributed by atoms with van der Waals surface area (Å²) in [5, 5.41) is 6.41. The molecule has 0 saturated heterocycles. The quantitative estimate of drug-likeness (QED) is 0.188. The number of aliphatic imine (C=N–C) groups is 1. The van der Waals surface area contributed by atoms with Gasteiger partial charge < -0.3 is 20.1 Å². The largest absolute Gasteiger partial charge is 0.459 e. The average molecular weight is 469 g/mol. The average Bonchev–Trinajstić information content (AvgIpc) is 2.95. The normalized spacial score (nSPS) is 16.9. The molecular formula is C18H36IN3O3. The van der Waals surface area contributed by atoms with Gasteiger partial charge in [-0.15, -0.1) is 24.0 Å². The zero-order valence-corrected chi connectivity index (χ0v) is 18.8. The Bertz CT molecular complexity index is 416. The van der Waals surface area contributed by atoms with Crippen molar-refractivity contribution in [3.8, 4) is 0 Å². The molecule has 148 valence electrons. The predicted molar refractivity (Wildman–Crippen MR) is 113 cm³/mol. The second-order valence-corrected chi connectivity index (χ2v) is 7.52. The van der Waals surface area contributed by atoms with Crippen molar-refractivity contribution in [1.29, 1.82) is 0 Å². The second kappa shape index (κ2) is 11.9. The van der Waals surface area contributed by atoms with E-state index in [0.717, 1.165) is 26.2 Å². The van der Waals surface area contributed by atoms with Gasteiger partial charge in [0.2, 0.25) is 0 Å². The number of halogens is 1. The highest BCUT2D eigenvalue weighted by molar-refractivity contribution is 14.0. The van der Waals surface area contributed by atoms with Crippen LogP contribution in [0.1, 0.15) is 59.8 Å². The van der Waals surface area contributed by atoms with Gasteiger partial charge in [0.1, 0.15) is 12.1 Å². The molecule has 25 heavy (non-hydrogen) atoms. The van der Waals surface area contributed by atoms with Gasteiger partial charge in [-0.1, -0.05) is 12.8 Å². The van der Waals surface area contributed by atoms with Crippen molar-refractivity contribution >= 4 is 35.9 Å². The smallest absolute Gasteiger partial charge is 0.325 e. The first-order valence-corrected chi connectivity index (χ1v) is 9.04. The molecule has 0 heterocycles. The minimum absolute atomic E-state index is 0. The highest BCUT2D eigenvalue weighted by atomic mass is 127. The number of nitrogens with zero attached hydrogens (tertiary/aromatic N) is 1. The summed E-state index contributed by atoms with van der Waals surface area (Å²) in [6, 6.07) is 0. The van der Waals surface area contributed by atoms with Crippen molar-refractivity contribution in [1.82, 2.24) is 10.6 Å².